The van der Waals surface area contributed by atoms with E-state index in [0.29, 0.717) is 12.5 Å². The monoisotopic (exact) mass is 261 g/mol. The summed E-state index contributed by atoms with van der Waals surface area (Å²) in [7, 11) is 0. The Morgan fingerprint density at radius 2 is 2.16 bits per heavy atom. The number of hydrogen-bond acceptors (Lipinski definition) is 3. The first-order valence-corrected chi connectivity index (χ1v) is 7.19. The topological polar surface area (TPSA) is 45.2 Å². The van der Waals surface area contributed by atoms with Crippen molar-refractivity contribution in [2.75, 3.05) is 19.6 Å². The molecule has 2 heterocycles. The number of carbonyl (C=O) groups excluding carboxylic acids is 1. The molecule has 0 spiro atoms. The van der Waals surface area contributed by atoms with E-state index < -0.39 is 0 Å². The van der Waals surface area contributed by atoms with Crippen molar-refractivity contribution in [2.45, 2.75) is 32.7 Å². The molecule has 0 aliphatic carbocycles. The fourth-order valence-electron chi connectivity index (χ4n) is 2.58. The molecule has 0 radical (unpaired) electrons. The Morgan fingerprint density at radius 1 is 1.37 bits per heavy atom. The third-order valence-corrected chi connectivity index (χ3v) is 3.74. The van der Waals surface area contributed by atoms with Crippen molar-refractivity contribution >= 4 is 5.91 Å². The van der Waals surface area contributed by atoms with E-state index in [1.54, 1.807) is 12.4 Å². The SMILES string of the molecule is CCN(Cc1ccncc1)C(=O)[C@H]1CCCNCC1. The highest BCUT2D eigenvalue weighted by Crippen LogP contribution is 2.18. The molecule has 4 nitrogen and oxygen atoms in total. The third kappa shape index (κ3) is 4.03. The molecular formula is C15H23N3O. The van der Waals surface area contributed by atoms with Gasteiger partial charge in [-0.3, -0.25) is 9.78 Å². The second kappa shape index (κ2) is 7.24. The summed E-state index contributed by atoms with van der Waals surface area (Å²) >= 11 is 0. The molecule has 4 heteroatoms. The standard InChI is InChI=1S/C15H23N3O/c1-2-18(12-13-5-9-17-10-6-13)15(19)14-4-3-8-16-11-7-14/h5-6,9-10,14,16H,2-4,7-8,11-12H2,1H3/t14-/m0/s1. The zero-order valence-electron chi connectivity index (χ0n) is 11.6. The molecule has 0 unspecified atom stereocenters. The number of hydrogen-bond donors (Lipinski definition) is 1. The van der Waals surface area contributed by atoms with Crippen molar-refractivity contribution in [2.24, 2.45) is 5.92 Å². The van der Waals surface area contributed by atoms with Crippen LogP contribution in [-0.2, 0) is 11.3 Å². The quantitative estimate of drug-likeness (QED) is 0.899. The van der Waals surface area contributed by atoms with Crippen molar-refractivity contribution in [1.29, 1.82) is 0 Å². The second-order valence-electron chi connectivity index (χ2n) is 5.09. The van der Waals surface area contributed by atoms with E-state index in [4.69, 9.17) is 0 Å². The maximum atomic E-state index is 12.6. The highest BCUT2D eigenvalue weighted by atomic mass is 16.2. The van der Waals surface area contributed by atoms with E-state index in [1.165, 1.54) is 0 Å². The van der Waals surface area contributed by atoms with Crippen molar-refractivity contribution < 1.29 is 4.79 Å². The van der Waals surface area contributed by atoms with Crippen molar-refractivity contribution in [3.05, 3.63) is 30.1 Å². The van der Waals surface area contributed by atoms with Crippen LogP contribution in [0.15, 0.2) is 24.5 Å². The molecule has 1 aromatic rings. The first kappa shape index (κ1) is 14.0. The smallest absolute Gasteiger partial charge is 0.226 e. The molecule has 0 bridgehead atoms. The molecule has 2 rings (SSSR count). The van der Waals surface area contributed by atoms with Crippen molar-refractivity contribution in [3.8, 4) is 0 Å². The van der Waals surface area contributed by atoms with Crippen molar-refractivity contribution in [1.82, 2.24) is 15.2 Å². The fourth-order valence-corrected chi connectivity index (χ4v) is 2.58. The molecule has 1 N–H and O–H groups in total. The van der Waals surface area contributed by atoms with Gasteiger partial charge in [-0.05, 0) is 57.0 Å². The van der Waals surface area contributed by atoms with Crippen LogP contribution in [-0.4, -0.2) is 35.4 Å². The average molecular weight is 261 g/mol. The molecular weight excluding hydrogens is 238 g/mol. The molecule has 104 valence electrons. The van der Waals surface area contributed by atoms with Crippen LogP contribution >= 0.6 is 0 Å². The average Bonchev–Trinajstić information content (AvgIpc) is 2.74. The van der Waals surface area contributed by atoms with Crippen molar-refractivity contribution in [3.63, 3.8) is 0 Å². The van der Waals surface area contributed by atoms with Crippen LogP contribution in [0.5, 0.6) is 0 Å². The minimum atomic E-state index is 0.191. The highest BCUT2D eigenvalue weighted by molar-refractivity contribution is 5.78. The Morgan fingerprint density at radius 3 is 2.89 bits per heavy atom. The Kier molecular flexibility index (Phi) is 5.33. The summed E-state index contributed by atoms with van der Waals surface area (Å²) in [6, 6.07) is 3.95. The van der Waals surface area contributed by atoms with Gasteiger partial charge in [0.05, 0.1) is 0 Å². The molecule has 1 aliphatic rings. The molecule has 1 amide bonds. The number of nitrogens with one attached hydrogen (secondary N) is 1. The van der Waals surface area contributed by atoms with Crippen LogP contribution in [0.4, 0.5) is 0 Å². The highest BCUT2D eigenvalue weighted by Gasteiger charge is 2.24. The van der Waals surface area contributed by atoms with E-state index in [0.717, 1.165) is 44.5 Å². The molecule has 1 aromatic heterocycles. The lowest BCUT2D eigenvalue weighted by molar-refractivity contribution is -0.136. The van der Waals surface area contributed by atoms with Crippen LogP contribution in [0.25, 0.3) is 0 Å². The van der Waals surface area contributed by atoms with E-state index >= 15 is 0 Å². The number of nitrogens with zero attached hydrogens (tertiary/aromatic N) is 2. The maximum Gasteiger partial charge on any atom is 0.226 e. The van der Waals surface area contributed by atoms with E-state index in [-0.39, 0.29) is 5.92 Å². The minimum absolute atomic E-state index is 0.191. The second-order valence-corrected chi connectivity index (χ2v) is 5.09. The Labute approximate surface area is 115 Å². The van der Waals surface area contributed by atoms with Crippen LogP contribution in [0.1, 0.15) is 31.7 Å². The Hall–Kier alpha value is -1.42. The summed E-state index contributed by atoms with van der Waals surface area (Å²) in [4.78, 5) is 18.5. The summed E-state index contributed by atoms with van der Waals surface area (Å²) in [6.07, 6.45) is 6.64. The number of pyridine rings is 1. The van der Waals surface area contributed by atoms with Gasteiger partial charge >= 0.3 is 0 Å². The fraction of sp³-hybridized carbons (Fsp3) is 0.600. The lowest BCUT2D eigenvalue weighted by Crippen LogP contribution is -2.36. The predicted octanol–water partition coefficient (Wildman–Crippen LogP) is 1.82. The Bertz CT molecular complexity index is 386. The number of amides is 1. The minimum Gasteiger partial charge on any atom is -0.338 e. The molecule has 0 aromatic carbocycles. The van der Waals surface area contributed by atoms with Crippen LogP contribution in [0.2, 0.25) is 0 Å². The summed E-state index contributed by atoms with van der Waals surface area (Å²) in [5.74, 6) is 0.500. The summed E-state index contributed by atoms with van der Waals surface area (Å²) in [5, 5.41) is 3.36. The van der Waals surface area contributed by atoms with Gasteiger partial charge in [0.15, 0.2) is 0 Å². The maximum absolute atomic E-state index is 12.6. The van der Waals surface area contributed by atoms with E-state index in [1.807, 2.05) is 24.0 Å². The van der Waals surface area contributed by atoms with Crippen LogP contribution < -0.4 is 5.32 Å². The zero-order valence-corrected chi connectivity index (χ0v) is 11.6. The van der Waals surface area contributed by atoms with E-state index in [2.05, 4.69) is 10.3 Å². The summed E-state index contributed by atoms with van der Waals surface area (Å²) in [6.45, 7) is 5.52. The first-order valence-electron chi connectivity index (χ1n) is 7.19. The molecule has 1 fully saturated rings. The third-order valence-electron chi connectivity index (χ3n) is 3.74. The molecule has 1 saturated heterocycles. The van der Waals surface area contributed by atoms with Gasteiger partial charge in [0.25, 0.3) is 0 Å². The van der Waals surface area contributed by atoms with Gasteiger partial charge < -0.3 is 10.2 Å². The van der Waals surface area contributed by atoms with Gasteiger partial charge in [0.2, 0.25) is 5.91 Å². The number of carbonyl (C=O) groups is 1. The number of rotatable bonds is 4. The van der Waals surface area contributed by atoms with Gasteiger partial charge in [-0.2, -0.15) is 0 Å². The van der Waals surface area contributed by atoms with Gasteiger partial charge in [-0.1, -0.05) is 0 Å². The summed E-state index contributed by atoms with van der Waals surface area (Å²) < 4.78 is 0. The largest absolute Gasteiger partial charge is 0.338 e. The molecule has 1 aliphatic heterocycles. The van der Waals surface area contributed by atoms with E-state index in [9.17, 15) is 4.79 Å². The molecule has 19 heavy (non-hydrogen) atoms. The van der Waals surface area contributed by atoms with Gasteiger partial charge in [-0.15, -0.1) is 0 Å². The van der Waals surface area contributed by atoms with Gasteiger partial charge in [-0.25, -0.2) is 0 Å². The first-order chi connectivity index (χ1) is 9.31. The number of aromatic nitrogens is 1. The molecule has 1 atom stereocenters. The molecule has 0 saturated carbocycles. The van der Waals surface area contributed by atoms with Crippen LogP contribution in [0, 0.1) is 5.92 Å². The summed E-state index contributed by atoms with van der Waals surface area (Å²) in [5.41, 5.74) is 1.15. The lowest BCUT2D eigenvalue weighted by Gasteiger charge is -2.25. The predicted molar refractivity (Wildman–Crippen MR) is 75.5 cm³/mol. The Balaban J connectivity index is 1.98. The lowest BCUT2D eigenvalue weighted by atomic mass is 9.98. The normalized spacial score (nSPS) is 19.7. The van der Waals surface area contributed by atoms with Crippen LogP contribution in [0.3, 0.4) is 0 Å². The van der Waals surface area contributed by atoms with Gasteiger partial charge in [0.1, 0.15) is 0 Å². The zero-order chi connectivity index (χ0) is 13.5. The van der Waals surface area contributed by atoms with Gasteiger partial charge in [0, 0.05) is 31.4 Å².